The van der Waals surface area contributed by atoms with Gasteiger partial charge in [-0.15, -0.1) is 0 Å². The Labute approximate surface area is 204 Å². The Morgan fingerprint density at radius 1 is 1.15 bits per heavy atom. The number of nitrogens with one attached hydrogen (secondary N) is 1. The van der Waals surface area contributed by atoms with Gasteiger partial charge >= 0.3 is 0 Å². The fourth-order valence-electron chi connectivity index (χ4n) is 2.84. The largest absolute Gasteiger partial charge is 0.490 e. The van der Waals surface area contributed by atoms with E-state index in [9.17, 15) is 14.4 Å². The Hall–Kier alpha value is -3.34. The Bertz CT molecular complexity index is 1220. The summed E-state index contributed by atoms with van der Waals surface area (Å²) >= 11 is 9.37. The number of carbonyl (C=O) groups excluding carboxylic acids is 1. The van der Waals surface area contributed by atoms with Crippen LogP contribution in [-0.4, -0.2) is 12.5 Å². The van der Waals surface area contributed by atoms with E-state index in [0.29, 0.717) is 39.8 Å². The summed E-state index contributed by atoms with van der Waals surface area (Å²) in [6.45, 7) is 2.53. The summed E-state index contributed by atoms with van der Waals surface area (Å²) in [5.41, 5.74) is 1.25. The van der Waals surface area contributed by atoms with Gasteiger partial charge in [0.1, 0.15) is 24.1 Å². The van der Waals surface area contributed by atoms with E-state index in [1.807, 2.05) is 25.1 Å². The summed E-state index contributed by atoms with van der Waals surface area (Å²) < 4.78 is 26.0. The van der Waals surface area contributed by atoms with E-state index in [1.54, 1.807) is 30.3 Å². The molecule has 3 rings (SSSR count). The molecular weight excluding hydrogens is 511 g/mol. The average Bonchev–Trinajstić information content (AvgIpc) is 2.80. The van der Waals surface area contributed by atoms with Crippen molar-refractivity contribution in [1.29, 1.82) is 5.26 Å². The lowest BCUT2D eigenvalue weighted by atomic mass is 10.1. The predicted octanol–water partition coefficient (Wildman–Crippen LogP) is 6.76. The summed E-state index contributed by atoms with van der Waals surface area (Å²) in [4.78, 5) is 12.5. The van der Waals surface area contributed by atoms with Crippen LogP contribution in [0, 0.1) is 17.1 Å². The molecule has 0 saturated heterocycles. The lowest BCUT2D eigenvalue weighted by molar-refractivity contribution is -0.112. The molecule has 0 aromatic heterocycles. The third kappa shape index (κ3) is 6.58. The van der Waals surface area contributed by atoms with Crippen LogP contribution in [0.3, 0.4) is 0 Å². The van der Waals surface area contributed by atoms with Gasteiger partial charge in [0.2, 0.25) is 0 Å². The molecule has 1 amide bonds. The number of ether oxygens (including phenoxy) is 2. The molecule has 0 spiro atoms. The minimum Gasteiger partial charge on any atom is -0.490 e. The molecule has 1 N–H and O–H groups in total. The van der Waals surface area contributed by atoms with Crippen LogP contribution in [0.5, 0.6) is 11.5 Å². The van der Waals surface area contributed by atoms with Gasteiger partial charge in [-0.2, -0.15) is 5.26 Å². The third-order valence-electron chi connectivity index (χ3n) is 4.46. The molecule has 3 aromatic carbocycles. The zero-order valence-electron chi connectivity index (χ0n) is 17.6. The summed E-state index contributed by atoms with van der Waals surface area (Å²) in [5.74, 6) is -0.376. The van der Waals surface area contributed by atoms with Gasteiger partial charge in [0.25, 0.3) is 5.91 Å². The van der Waals surface area contributed by atoms with E-state index >= 15 is 0 Å². The number of hydrogen-bond acceptors (Lipinski definition) is 4. The first-order valence-electron chi connectivity index (χ1n) is 9.92. The minimum atomic E-state index is -0.726. The number of carbonyl (C=O) groups is 1. The molecule has 0 aliphatic carbocycles. The van der Waals surface area contributed by atoms with Gasteiger partial charge in [-0.25, -0.2) is 4.39 Å². The summed E-state index contributed by atoms with van der Waals surface area (Å²) in [5, 5.41) is 12.5. The molecule has 33 heavy (non-hydrogen) atoms. The van der Waals surface area contributed by atoms with Gasteiger partial charge in [-0.3, -0.25) is 4.79 Å². The van der Waals surface area contributed by atoms with Crippen molar-refractivity contribution in [1.82, 2.24) is 0 Å². The molecule has 0 unspecified atom stereocenters. The molecule has 0 bridgehead atoms. The Morgan fingerprint density at radius 3 is 2.52 bits per heavy atom. The predicted molar refractivity (Wildman–Crippen MR) is 130 cm³/mol. The zero-order valence-corrected chi connectivity index (χ0v) is 19.9. The van der Waals surface area contributed by atoms with E-state index in [4.69, 9.17) is 21.1 Å². The summed E-state index contributed by atoms with van der Waals surface area (Å²) in [7, 11) is 0. The van der Waals surface area contributed by atoms with Gasteiger partial charge in [0, 0.05) is 9.50 Å². The molecule has 0 fully saturated rings. The summed E-state index contributed by atoms with van der Waals surface area (Å²) in [6.07, 6.45) is 1.39. The van der Waals surface area contributed by atoms with Crippen molar-refractivity contribution in [2.45, 2.75) is 13.5 Å². The number of benzene rings is 3. The topological polar surface area (TPSA) is 71.3 Å². The number of nitriles is 1. The lowest BCUT2D eigenvalue weighted by Gasteiger charge is -2.14. The molecular formula is C25H19BrClFN2O3. The van der Waals surface area contributed by atoms with Crippen LogP contribution in [-0.2, 0) is 11.4 Å². The van der Waals surface area contributed by atoms with Gasteiger partial charge < -0.3 is 14.8 Å². The van der Waals surface area contributed by atoms with Crippen molar-refractivity contribution < 1.29 is 18.7 Å². The highest BCUT2D eigenvalue weighted by atomic mass is 79.9. The second-order valence-corrected chi connectivity index (χ2v) is 8.06. The van der Waals surface area contributed by atoms with Crippen LogP contribution in [0.4, 0.5) is 10.1 Å². The normalized spacial score (nSPS) is 10.9. The van der Waals surface area contributed by atoms with Crippen LogP contribution in [0.2, 0.25) is 5.02 Å². The highest BCUT2D eigenvalue weighted by Gasteiger charge is 2.15. The number of halogens is 3. The molecule has 5 nitrogen and oxygen atoms in total. The van der Waals surface area contributed by atoms with Crippen molar-refractivity contribution in [2.75, 3.05) is 11.9 Å². The standard InChI is InChI=1S/C25H19BrClFN2O3/c1-2-32-23-12-17(11-18(14-29)25(31)30-22-6-4-3-5-21(22)28)20(26)13-24(23)33-15-16-7-9-19(27)10-8-16/h3-13H,2,15H2,1H3,(H,30,31)/b18-11-. The van der Waals surface area contributed by atoms with Gasteiger partial charge in [-0.1, -0.05) is 51.8 Å². The number of amides is 1. The van der Waals surface area contributed by atoms with Gasteiger partial charge in [-0.05, 0) is 60.5 Å². The quantitative estimate of drug-likeness (QED) is 0.258. The SMILES string of the molecule is CCOc1cc(/C=C(/C#N)C(=O)Nc2ccccc2F)c(Br)cc1OCc1ccc(Cl)cc1. The van der Waals surface area contributed by atoms with Crippen molar-refractivity contribution in [3.8, 4) is 17.6 Å². The molecule has 0 radical (unpaired) electrons. The average molecular weight is 530 g/mol. The molecule has 0 aliphatic rings. The van der Waals surface area contributed by atoms with Crippen LogP contribution >= 0.6 is 27.5 Å². The maximum Gasteiger partial charge on any atom is 0.266 e. The first-order valence-corrected chi connectivity index (χ1v) is 11.1. The van der Waals surface area contributed by atoms with Crippen molar-refractivity contribution in [3.05, 3.63) is 92.7 Å². The maximum absolute atomic E-state index is 13.8. The first kappa shape index (κ1) is 24.3. The van der Waals surface area contributed by atoms with Crippen LogP contribution < -0.4 is 14.8 Å². The first-order chi connectivity index (χ1) is 15.9. The van der Waals surface area contributed by atoms with Gasteiger partial charge in [0.15, 0.2) is 11.5 Å². The zero-order chi connectivity index (χ0) is 23.8. The van der Waals surface area contributed by atoms with E-state index < -0.39 is 11.7 Å². The number of nitrogens with zero attached hydrogens (tertiary/aromatic N) is 1. The molecule has 8 heteroatoms. The monoisotopic (exact) mass is 528 g/mol. The third-order valence-corrected chi connectivity index (χ3v) is 5.40. The lowest BCUT2D eigenvalue weighted by Crippen LogP contribution is -2.14. The van der Waals surface area contributed by atoms with Crippen LogP contribution in [0.25, 0.3) is 6.08 Å². The van der Waals surface area contributed by atoms with Crippen LogP contribution in [0.15, 0.2) is 70.7 Å². The number of anilines is 1. The maximum atomic E-state index is 13.8. The Morgan fingerprint density at radius 2 is 1.85 bits per heavy atom. The van der Waals surface area contributed by atoms with Crippen molar-refractivity contribution in [2.24, 2.45) is 0 Å². The highest BCUT2D eigenvalue weighted by Crippen LogP contribution is 2.35. The number of hydrogen-bond donors (Lipinski definition) is 1. The van der Waals surface area contributed by atoms with E-state index in [-0.39, 0.29) is 11.3 Å². The van der Waals surface area contributed by atoms with Crippen molar-refractivity contribution in [3.63, 3.8) is 0 Å². The van der Waals surface area contributed by atoms with E-state index in [1.165, 1.54) is 24.3 Å². The highest BCUT2D eigenvalue weighted by molar-refractivity contribution is 9.10. The fraction of sp³-hybridized carbons (Fsp3) is 0.120. The van der Waals surface area contributed by atoms with E-state index in [0.717, 1.165) is 5.56 Å². The molecule has 0 atom stereocenters. The molecule has 3 aromatic rings. The second-order valence-electron chi connectivity index (χ2n) is 6.77. The minimum absolute atomic E-state index is 0.0105. The second kappa shape index (κ2) is 11.5. The molecule has 0 aliphatic heterocycles. The van der Waals surface area contributed by atoms with E-state index in [2.05, 4.69) is 21.2 Å². The smallest absolute Gasteiger partial charge is 0.266 e. The van der Waals surface area contributed by atoms with Gasteiger partial charge in [0.05, 0.1) is 12.3 Å². The summed E-state index contributed by atoms with van der Waals surface area (Å²) in [6, 6.07) is 18.2. The Kier molecular flexibility index (Phi) is 8.47. The number of para-hydroxylation sites is 1. The Balaban J connectivity index is 1.85. The fourth-order valence-corrected chi connectivity index (χ4v) is 3.40. The molecule has 168 valence electrons. The molecule has 0 saturated carbocycles. The molecule has 0 heterocycles. The van der Waals surface area contributed by atoms with Crippen molar-refractivity contribution >= 4 is 45.2 Å². The number of rotatable bonds is 8. The van der Waals surface area contributed by atoms with Crippen LogP contribution in [0.1, 0.15) is 18.1 Å².